The van der Waals surface area contributed by atoms with E-state index in [0.29, 0.717) is 18.4 Å². The molecule has 0 bridgehead atoms. The van der Waals surface area contributed by atoms with Crippen LogP contribution in [0.5, 0.6) is 0 Å². The van der Waals surface area contributed by atoms with Crippen molar-refractivity contribution in [1.29, 1.82) is 0 Å². The fourth-order valence-electron chi connectivity index (χ4n) is 4.91. The number of pyridine rings is 2. The number of para-hydroxylation sites is 1. The number of aromatic amines is 1. The van der Waals surface area contributed by atoms with E-state index in [1.54, 1.807) is 0 Å². The quantitative estimate of drug-likeness (QED) is 0.419. The average Bonchev–Trinajstić information content (AvgIpc) is 2.83. The normalized spacial score (nSPS) is 15.0. The van der Waals surface area contributed by atoms with Gasteiger partial charge in [0, 0.05) is 16.6 Å². The van der Waals surface area contributed by atoms with E-state index in [1.165, 1.54) is 6.07 Å². The van der Waals surface area contributed by atoms with E-state index in [-0.39, 0.29) is 17.5 Å². The third kappa shape index (κ3) is 4.21. The highest BCUT2D eigenvalue weighted by atomic mass is 16.2. The Hall–Kier alpha value is -4.26. The molecule has 1 aliphatic rings. The number of nitrogens with two attached hydrogens (primary N) is 1. The summed E-state index contributed by atoms with van der Waals surface area (Å²) in [6.07, 6.45) is 2.16. The predicted octanol–water partition coefficient (Wildman–Crippen LogP) is 4.11. The summed E-state index contributed by atoms with van der Waals surface area (Å²) in [5.74, 6) is -1.03. The standard InChI is InChI=1S/C28H26N4O3/c1-15-10-11-17(16(2)12-15)25-14-19(18-6-3-4-7-22(18)30-25)27(34)31-23-8-5-9-24-20(23)13-21(26(29)33)28(35)32-24/h3-4,6-7,10-14,23H,5,8-9H2,1-2H3,(H2,29,33)(H,31,34)(H,32,35). The number of primary amides is 1. The molecule has 0 spiro atoms. The molecule has 1 aliphatic carbocycles. The first-order chi connectivity index (χ1) is 16.8. The van der Waals surface area contributed by atoms with Crippen LogP contribution in [-0.4, -0.2) is 21.8 Å². The van der Waals surface area contributed by atoms with E-state index in [0.717, 1.165) is 51.0 Å². The first-order valence-corrected chi connectivity index (χ1v) is 11.7. The van der Waals surface area contributed by atoms with Gasteiger partial charge >= 0.3 is 0 Å². The summed E-state index contributed by atoms with van der Waals surface area (Å²) >= 11 is 0. The largest absolute Gasteiger partial charge is 0.365 e. The molecule has 7 heteroatoms. The molecule has 0 saturated carbocycles. The van der Waals surface area contributed by atoms with E-state index < -0.39 is 11.5 Å². The Morgan fingerprint density at radius 3 is 2.63 bits per heavy atom. The number of nitrogens with one attached hydrogen (secondary N) is 2. The summed E-state index contributed by atoms with van der Waals surface area (Å²) in [7, 11) is 0. The molecule has 0 aliphatic heterocycles. The van der Waals surface area contributed by atoms with Crippen LogP contribution in [0.3, 0.4) is 0 Å². The van der Waals surface area contributed by atoms with Gasteiger partial charge in [-0.1, -0.05) is 42.0 Å². The van der Waals surface area contributed by atoms with Gasteiger partial charge in [-0.25, -0.2) is 4.98 Å². The maximum atomic E-state index is 13.6. The number of H-pyrrole nitrogens is 1. The van der Waals surface area contributed by atoms with Crippen LogP contribution in [-0.2, 0) is 6.42 Å². The number of hydrogen-bond acceptors (Lipinski definition) is 4. The Labute approximate surface area is 202 Å². The second kappa shape index (κ2) is 8.83. The van der Waals surface area contributed by atoms with Gasteiger partial charge in [-0.05, 0) is 62.4 Å². The molecule has 1 unspecified atom stereocenters. The van der Waals surface area contributed by atoms with Crippen molar-refractivity contribution in [3.05, 3.63) is 98.5 Å². The lowest BCUT2D eigenvalue weighted by Crippen LogP contribution is -2.34. The summed E-state index contributed by atoms with van der Waals surface area (Å²) in [5.41, 5.74) is 11.5. The van der Waals surface area contributed by atoms with Crippen LogP contribution in [0.1, 0.15) is 62.0 Å². The highest BCUT2D eigenvalue weighted by molar-refractivity contribution is 6.07. The predicted molar refractivity (Wildman–Crippen MR) is 135 cm³/mol. The lowest BCUT2D eigenvalue weighted by Gasteiger charge is -2.26. The fraction of sp³-hybridized carbons (Fsp3) is 0.214. The van der Waals surface area contributed by atoms with Gasteiger partial charge in [-0.2, -0.15) is 0 Å². The van der Waals surface area contributed by atoms with Gasteiger partial charge in [0.25, 0.3) is 17.4 Å². The Balaban J connectivity index is 1.57. The van der Waals surface area contributed by atoms with Crippen LogP contribution in [0.2, 0.25) is 0 Å². The van der Waals surface area contributed by atoms with Crippen LogP contribution in [0.15, 0.2) is 59.4 Å². The summed E-state index contributed by atoms with van der Waals surface area (Å²) in [6.45, 7) is 4.08. The van der Waals surface area contributed by atoms with Crippen molar-refractivity contribution in [2.24, 2.45) is 5.73 Å². The molecule has 5 rings (SSSR count). The minimum atomic E-state index is -0.789. The molecule has 4 N–H and O–H groups in total. The molecule has 0 saturated heterocycles. The number of nitrogens with zero attached hydrogens (tertiary/aromatic N) is 1. The zero-order valence-corrected chi connectivity index (χ0v) is 19.6. The molecule has 2 amide bonds. The molecule has 2 aromatic carbocycles. The number of amides is 2. The molecular formula is C28H26N4O3. The Morgan fingerprint density at radius 1 is 1.06 bits per heavy atom. The van der Waals surface area contributed by atoms with Gasteiger partial charge < -0.3 is 16.0 Å². The lowest BCUT2D eigenvalue weighted by molar-refractivity contribution is 0.0934. The zero-order valence-electron chi connectivity index (χ0n) is 19.6. The van der Waals surface area contributed by atoms with Crippen LogP contribution in [0.25, 0.3) is 22.2 Å². The molecule has 0 fully saturated rings. The summed E-state index contributed by atoms with van der Waals surface area (Å²) in [5, 5.41) is 3.89. The Morgan fingerprint density at radius 2 is 1.86 bits per heavy atom. The van der Waals surface area contributed by atoms with Crippen molar-refractivity contribution in [2.45, 2.75) is 39.2 Å². The molecule has 0 radical (unpaired) electrons. The number of aromatic nitrogens is 2. The van der Waals surface area contributed by atoms with Crippen LogP contribution in [0.4, 0.5) is 0 Å². The number of rotatable bonds is 4. The molecule has 176 valence electrons. The third-order valence-electron chi connectivity index (χ3n) is 6.64. The minimum Gasteiger partial charge on any atom is -0.365 e. The van der Waals surface area contributed by atoms with Gasteiger partial charge in [0.1, 0.15) is 5.56 Å². The molecule has 2 aromatic heterocycles. The van der Waals surface area contributed by atoms with E-state index in [9.17, 15) is 14.4 Å². The Kier molecular flexibility index (Phi) is 5.68. The summed E-state index contributed by atoms with van der Waals surface area (Å²) < 4.78 is 0. The van der Waals surface area contributed by atoms with Gasteiger partial charge in [0.15, 0.2) is 0 Å². The molecular weight excluding hydrogens is 440 g/mol. The molecule has 7 nitrogen and oxygen atoms in total. The maximum Gasteiger partial charge on any atom is 0.261 e. The van der Waals surface area contributed by atoms with E-state index in [1.807, 2.05) is 56.3 Å². The van der Waals surface area contributed by atoms with Gasteiger partial charge in [-0.15, -0.1) is 0 Å². The SMILES string of the molecule is Cc1ccc(-c2cc(C(=O)NC3CCCc4[nH]c(=O)c(C(N)=O)cc43)c3ccccc3n2)c(C)c1. The van der Waals surface area contributed by atoms with Crippen LogP contribution in [0, 0.1) is 13.8 Å². The van der Waals surface area contributed by atoms with Crippen molar-refractivity contribution >= 4 is 22.7 Å². The number of hydrogen-bond donors (Lipinski definition) is 3. The topological polar surface area (TPSA) is 118 Å². The smallest absolute Gasteiger partial charge is 0.261 e. The van der Waals surface area contributed by atoms with Crippen molar-refractivity contribution < 1.29 is 9.59 Å². The summed E-state index contributed by atoms with van der Waals surface area (Å²) in [6, 6.07) is 16.8. The second-order valence-electron chi connectivity index (χ2n) is 9.12. The van der Waals surface area contributed by atoms with Crippen LogP contribution >= 0.6 is 0 Å². The van der Waals surface area contributed by atoms with Crippen molar-refractivity contribution in [3.8, 4) is 11.3 Å². The second-order valence-corrected chi connectivity index (χ2v) is 9.12. The van der Waals surface area contributed by atoms with Crippen molar-refractivity contribution in [1.82, 2.24) is 15.3 Å². The first-order valence-electron chi connectivity index (χ1n) is 11.7. The third-order valence-corrected chi connectivity index (χ3v) is 6.64. The maximum absolute atomic E-state index is 13.6. The summed E-state index contributed by atoms with van der Waals surface area (Å²) in [4.78, 5) is 45.2. The van der Waals surface area contributed by atoms with Gasteiger partial charge in [0.2, 0.25) is 0 Å². The highest BCUT2D eigenvalue weighted by Crippen LogP contribution is 2.31. The van der Waals surface area contributed by atoms with E-state index >= 15 is 0 Å². The van der Waals surface area contributed by atoms with Crippen LogP contribution < -0.4 is 16.6 Å². The molecule has 2 heterocycles. The number of aryl methyl sites for hydroxylation is 3. The molecule has 1 atom stereocenters. The monoisotopic (exact) mass is 466 g/mol. The highest BCUT2D eigenvalue weighted by Gasteiger charge is 2.26. The number of carbonyl (C=O) groups is 2. The molecule has 35 heavy (non-hydrogen) atoms. The average molecular weight is 467 g/mol. The van der Waals surface area contributed by atoms with E-state index in [4.69, 9.17) is 10.7 Å². The number of benzene rings is 2. The number of fused-ring (bicyclic) bond motifs is 2. The van der Waals surface area contributed by atoms with Crippen molar-refractivity contribution in [3.63, 3.8) is 0 Å². The minimum absolute atomic E-state index is 0.101. The first kappa shape index (κ1) is 22.5. The van der Waals surface area contributed by atoms with Gasteiger partial charge in [-0.3, -0.25) is 14.4 Å². The number of carbonyl (C=O) groups excluding carboxylic acids is 2. The fourth-order valence-corrected chi connectivity index (χ4v) is 4.91. The lowest BCUT2D eigenvalue weighted by atomic mass is 9.89. The van der Waals surface area contributed by atoms with Gasteiger partial charge in [0.05, 0.1) is 22.8 Å². The Bertz CT molecular complexity index is 1550. The van der Waals surface area contributed by atoms with Crippen molar-refractivity contribution in [2.75, 3.05) is 0 Å². The molecule has 4 aromatic rings. The van der Waals surface area contributed by atoms with E-state index in [2.05, 4.69) is 16.4 Å². The zero-order chi connectivity index (χ0) is 24.7.